The molecule has 42 heavy (non-hydrogen) atoms. The molecule has 3 amide bonds. The molecule has 0 bridgehead atoms. The highest BCUT2D eigenvalue weighted by atomic mass is 32.2. The van der Waals surface area contributed by atoms with Gasteiger partial charge in [0.15, 0.2) is 9.84 Å². The van der Waals surface area contributed by atoms with Crippen LogP contribution in [0.25, 0.3) is 10.8 Å². The maximum absolute atomic E-state index is 14.5. The predicted octanol–water partition coefficient (Wildman–Crippen LogP) is 4.25. The minimum Gasteiger partial charge on any atom is -0.342 e. The fourth-order valence-corrected chi connectivity index (χ4v) is 6.14. The lowest BCUT2D eigenvalue weighted by molar-refractivity contribution is -0.130. The number of benzene rings is 3. The summed E-state index contributed by atoms with van der Waals surface area (Å²) in [6.07, 6.45) is 2.35. The Morgan fingerprint density at radius 2 is 1.81 bits per heavy atom. The number of hydrogen-bond acceptors (Lipinski definition) is 6. The Hall–Kier alpha value is -4.23. The molecule has 0 radical (unpaired) electrons. The SMILES string of the molecule is CCC[C@@H](C)C(=O)N[C@@H]1C(=O)N(Cc2c(C)ccc3ccccc23)c2ccc(C#N)cc2N(C(=O)CS(C)(=O)=O)[C@H]1C. The number of aryl methyl sites for hydroxylation is 1. The van der Waals surface area contributed by atoms with Crippen molar-refractivity contribution in [3.05, 3.63) is 71.3 Å². The maximum atomic E-state index is 14.5. The van der Waals surface area contributed by atoms with E-state index in [9.17, 15) is 28.1 Å². The fourth-order valence-electron chi connectivity index (χ4n) is 5.55. The van der Waals surface area contributed by atoms with Crippen LogP contribution in [-0.4, -0.2) is 50.2 Å². The summed E-state index contributed by atoms with van der Waals surface area (Å²) in [7, 11) is -3.74. The maximum Gasteiger partial charge on any atom is 0.252 e. The molecular formula is C32H36N4O5S. The van der Waals surface area contributed by atoms with E-state index in [-0.39, 0.29) is 29.6 Å². The Bertz CT molecular complexity index is 1690. The number of hydrogen-bond donors (Lipinski definition) is 1. The average Bonchev–Trinajstić information content (AvgIpc) is 3.01. The van der Waals surface area contributed by atoms with Crippen LogP contribution in [0, 0.1) is 24.2 Å². The number of nitrogens with zero attached hydrogens (tertiary/aromatic N) is 3. The number of sulfone groups is 1. The third-order valence-corrected chi connectivity index (χ3v) is 8.56. The summed E-state index contributed by atoms with van der Waals surface area (Å²) in [6, 6.07) is 16.4. The highest BCUT2D eigenvalue weighted by Crippen LogP contribution is 2.38. The molecule has 0 spiro atoms. The smallest absolute Gasteiger partial charge is 0.252 e. The number of amides is 3. The Kier molecular flexibility index (Phi) is 9.02. The summed E-state index contributed by atoms with van der Waals surface area (Å²) in [5.41, 5.74) is 2.67. The van der Waals surface area contributed by atoms with Crippen molar-refractivity contribution in [2.75, 3.05) is 21.8 Å². The Labute approximate surface area is 247 Å². The van der Waals surface area contributed by atoms with E-state index in [1.807, 2.05) is 50.2 Å². The summed E-state index contributed by atoms with van der Waals surface area (Å²) >= 11 is 0. The van der Waals surface area contributed by atoms with Crippen LogP contribution < -0.4 is 15.1 Å². The standard InChI is InChI=1S/C32H36N4O5S/c1-6-9-21(3)31(38)34-30-22(4)36(29(37)19-42(5,40)41)28-16-23(17-33)13-15-27(28)35(32(30)39)18-26-20(2)12-14-24-10-7-8-11-25(24)26/h7-8,10-16,21-22,30H,6,9,18-19H2,1-5H3,(H,34,38)/t21-,22+,30+/m1/s1. The van der Waals surface area contributed by atoms with Crippen molar-refractivity contribution in [3.8, 4) is 6.07 Å². The zero-order valence-corrected chi connectivity index (χ0v) is 25.4. The molecule has 1 aliphatic rings. The summed E-state index contributed by atoms with van der Waals surface area (Å²) < 4.78 is 24.4. The quantitative estimate of drug-likeness (QED) is 0.419. The van der Waals surface area contributed by atoms with E-state index in [4.69, 9.17) is 0 Å². The second kappa shape index (κ2) is 12.3. The first kappa shape index (κ1) is 30.7. The average molecular weight is 589 g/mol. The molecule has 1 heterocycles. The van der Waals surface area contributed by atoms with Gasteiger partial charge in [-0.05, 0) is 60.4 Å². The number of fused-ring (bicyclic) bond motifs is 2. The molecule has 3 aromatic carbocycles. The van der Waals surface area contributed by atoms with Gasteiger partial charge in [-0.3, -0.25) is 14.4 Å². The Morgan fingerprint density at radius 3 is 2.48 bits per heavy atom. The van der Waals surface area contributed by atoms with E-state index in [0.717, 1.165) is 34.6 Å². The van der Waals surface area contributed by atoms with Gasteiger partial charge in [-0.1, -0.05) is 56.7 Å². The summed E-state index contributed by atoms with van der Waals surface area (Å²) in [5, 5.41) is 14.5. The number of carbonyl (C=O) groups is 3. The molecule has 1 aliphatic heterocycles. The first-order chi connectivity index (χ1) is 19.9. The van der Waals surface area contributed by atoms with E-state index in [0.29, 0.717) is 12.1 Å². The van der Waals surface area contributed by atoms with Gasteiger partial charge in [-0.15, -0.1) is 0 Å². The van der Waals surface area contributed by atoms with Crippen molar-refractivity contribution in [1.29, 1.82) is 5.26 Å². The second-order valence-corrected chi connectivity index (χ2v) is 13.2. The van der Waals surface area contributed by atoms with Crippen molar-refractivity contribution < 1.29 is 22.8 Å². The molecule has 0 fully saturated rings. The van der Waals surface area contributed by atoms with Crippen LogP contribution in [0.1, 0.15) is 50.3 Å². The minimum atomic E-state index is -3.74. The lowest BCUT2D eigenvalue weighted by Crippen LogP contribution is -2.59. The normalized spacial score (nSPS) is 17.8. The minimum absolute atomic E-state index is 0.128. The van der Waals surface area contributed by atoms with Crippen LogP contribution in [0.15, 0.2) is 54.6 Å². The Morgan fingerprint density at radius 1 is 1.10 bits per heavy atom. The molecule has 4 rings (SSSR count). The van der Waals surface area contributed by atoms with Gasteiger partial charge in [0, 0.05) is 12.2 Å². The lowest BCUT2D eigenvalue weighted by atomic mass is 9.98. The number of carbonyl (C=O) groups excluding carboxylic acids is 3. The van der Waals surface area contributed by atoms with Gasteiger partial charge < -0.3 is 15.1 Å². The molecule has 1 N–H and O–H groups in total. The molecule has 0 saturated heterocycles. The van der Waals surface area contributed by atoms with Gasteiger partial charge >= 0.3 is 0 Å². The number of nitriles is 1. The molecule has 0 unspecified atom stereocenters. The highest BCUT2D eigenvalue weighted by molar-refractivity contribution is 7.91. The van der Waals surface area contributed by atoms with Gasteiger partial charge in [-0.2, -0.15) is 5.26 Å². The third kappa shape index (κ3) is 6.31. The lowest BCUT2D eigenvalue weighted by Gasteiger charge is -2.32. The second-order valence-electron chi connectivity index (χ2n) is 11.1. The highest BCUT2D eigenvalue weighted by Gasteiger charge is 2.43. The first-order valence-electron chi connectivity index (χ1n) is 14.0. The fraction of sp³-hybridized carbons (Fsp3) is 0.375. The van der Waals surface area contributed by atoms with Crippen molar-refractivity contribution in [2.45, 2.75) is 59.2 Å². The number of rotatable bonds is 8. The van der Waals surface area contributed by atoms with Crippen LogP contribution in [-0.2, 0) is 30.8 Å². The van der Waals surface area contributed by atoms with Crippen LogP contribution in [0.2, 0.25) is 0 Å². The molecule has 3 atom stereocenters. The largest absolute Gasteiger partial charge is 0.342 e. The topological polar surface area (TPSA) is 128 Å². The van der Waals surface area contributed by atoms with E-state index in [1.54, 1.807) is 26.0 Å². The van der Waals surface area contributed by atoms with Crippen molar-refractivity contribution in [1.82, 2.24) is 5.32 Å². The van der Waals surface area contributed by atoms with Crippen molar-refractivity contribution in [3.63, 3.8) is 0 Å². The molecular weight excluding hydrogens is 552 g/mol. The van der Waals surface area contributed by atoms with Crippen LogP contribution >= 0.6 is 0 Å². The van der Waals surface area contributed by atoms with E-state index >= 15 is 0 Å². The zero-order valence-electron chi connectivity index (χ0n) is 24.5. The summed E-state index contributed by atoms with van der Waals surface area (Å²) in [6.45, 7) is 7.44. The van der Waals surface area contributed by atoms with Crippen LogP contribution in [0.5, 0.6) is 0 Å². The zero-order chi connectivity index (χ0) is 30.8. The molecule has 220 valence electrons. The van der Waals surface area contributed by atoms with Gasteiger partial charge in [0.05, 0.1) is 35.6 Å². The molecule has 9 nitrogen and oxygen atoms in total. The van der Waals surface area contributed by atoms with Crippen molar-refractivity contribution >= 4 is 49.7 Å². The monoisotopic (exact) mass is 588 g/mol. The molecule has 0 aromatic heterocycles. The third-order valence-electron chi connectivity index (χ3n) is 7.79. The number of nitrogens with one attached hydrogen (secondary N) is 1. The van der Waals surface area contributed by atoms with Gasteiger partial charge in [0.2, 0.25) is 11.8 Å². The molecule has 10 heteroatoms. The van der Waals surface area contributed by atoms with Gasteiger partial charge in [-0.25, -0.2) is 8.42 Å². The first-order valence-corrected chi connectivity index (χ1v) is 16.0. The van der Waals surface area contributed by atoms with E-state index in [1.165, 1.54) is 15.9 Å². The van der Waals surface area contributed by atoms with E-state index in [2.05, 4.69) is 11.4 Å². The number of anilines is 2. The summed E-state index contributed by atoms with van der Waals surface area (Å²) in [5.74, 6) is -2.69. The van der Waals surface area contributed by atoms with Crippen LogP contribution in [0.4, 0.5) is 11.4 Å². The van der Waals surface area contributed by atoms with Crippen molar-refractivity contribution in [2.24, 2.45) is 5.92 Å². The van der Waals surface area contributed by atoms with Gasteiger partial charge in [0.1, 0.15) is 11.8 Å². The molecule has 3 aromatic rings. The predicted molar refractivity (Wildman–Crippen MR) is 164 cm³/mol. The van der Waals surface area contributed by atoms with Crippen LogP contribution in [0.3, 0.4) is 0 Å². The molecule has 0 saturated carbocycles. The summed E-state index contributed by atoms with van der Waals surface area (Å²) in [4.78, 5) is 44.1. The molecule has 0 aliphatic carbocycles. The Balaban J connectivity index is 1.94. The van der Waals surface area contributed by atoms with E-state index < -0.39 is 39.5 Å². The van der Waals surface area contributed by atoms with Gasteiger partial charge in [0.25, 0.3) is 5.91 Å².